The molecule has 1 atom stereocenters. The summed E-state index contributed by atoms with van der Waals surface area (Å²) in [5, 5.41) is 7.68. The third-order valence-electron chi connectivity index (χ3n) is 2.13. The molecule has 0 spiro atoms. The van der Waals surface area contributed by atoms with Crippen molar-refractivity contribution in [2.24, 2.45) is 0 Å². The molecule has 6 heteroatoms. The van der Waals surface area contributed by atoms with Gasteiger partial charge in [-0.1, -0.05) is 23.7 Å². The van der Waals surface area contributed by atoms with E-state index in [1.54, 1.807) is 12.1 Å². The number of carbonyl (C=O) groups is 1. The van der Waals surface area contributed by atoms with Gasteiger partial charge in [-0.15, -0.1) is 0 Å². The van der Waals surface area contributed by atoms with Gasteiger partial charge in [0.2, 0.25) is 0 Å². The number of hydrogen-bond donors (Lipinski definition) is 1. The van der Waals surface area contributed by atoms with Gasteiger partial charge < -0.3 is 5.11 Å². The Labute approximate surface area is 98.8 Å². The smallest absolute Gasteiger partial charge is 0.304 e. The first-order valence-electron chi connectivity index (χ1n) is 4.56. The summed E-state index contributed by atoms with van der Waals surface area (Å²) in [4.78, 5) is 10.5. The van der Waals surface area contributed by atoms with Gasteiger partial charge in [-0.05, 0) is 19.1 Å². The Morgan fingerprint density at radius 1 is 1.44 bits per heavy atom. The maximum absolute atomic E-state index is 11.9. The lowest BCUT2D eigenvalue weighted by molar-refractivity contribution is -0.136. The third kappa shape index (κ3) is 2.74. The van der Waals surface area contributed by atoms with E-state index in [4.69, 9.17) is 16.7 Å². The molecule has 0 aliphatic rings. The predicted octanol–water partition coefficient (Wildman–Crippen LogP) is 1.98. The van der Waals surface area contributed by atoms with E-state index >= 15 is 0 Å². The average Bonchev–Trinajstić information content (AvgIpc) is 2.16. The van der Waals surface area contributed by atoms with Crippen molar-refractivity contribution in [1.29, 1.82) is 0 Å². The molecule has 0 saturated carbocycles. The molecule has 0 aliphatic heterocycles. The monoisotopic (exact) mass is 262 g/mol. The molecule has 16 heavy (non-hydrogen) atoms. The van der Waals surface area contributed by atoms with E-state index in [2.05, 4.69) is 0 Å². The Morgan fingerprint density at radius 2 is 2.00 bits per heavy atom. The Bertz CT molecular complexity index is 495. The fourth-order valence-corrected chi connectivity index (χ4v) is 3.11. The van der Waals surface area contributed by atoms with Gasteiger partial charge in [0.1, 0.15) is 0 Å². The van der Waals surface area contributed by atoms with Crippen LogP contribution in [0.2, 0.25) is 5.02 Å². The first-order valence-corrected chi connectivity index (χ1v) is 6.48. The van der Waals surface area contributed by atoms with Gasteiger partial charge in [0, 0.05) is 0 Å². The molecule has 0 heterocycles. The van der Waals surface area contributed by atoms with E-state index in [0.717, 1.165) is 0 Å². The molecule has 4 nitrogen and oxygen atoms in total. The maximum atomic E-state index is 11.9. The van der Waals surface area contributed by atoms with E-state index in [0.29, 0.717) is 0 Å². The second-order valence-electron chi connectivity index (χ2n) is 3.38. The fraction of sp³-hybridized carbons (Fsp3) is 0.300. The van der Waals surface area contributed by atoms with Crippen LogP contribution in [0.4, 0.5) is 0 Å². The zero-order valence-corrected chi connectivity index (χ0v) is 10.1. The lowest BCUT2D eigenvalue weighted by Crippen LogP contribution is -2.21. The molecule has 0 aromatic heterocycles. The minimum Gasteiger partial charge on any atom is -0.481 e. The largest absolute Gasteiger partial charge is 0.481 e. The first-order chi connectivity index (χ1) is 7.35. The second-order valence-corrected chi connectivity index (χ2v) is 6.13. The van der Waals surface area contributed by atoms with Crippen LogP contribution in [0.1, 0.15) is 13.3 Å². The number of halogens is 1. The number of sulfone groups is 1. The van der Waals surface area contributed by atoms with Crippen molar-refractivity contribution < 1.29 is 18.3 Å². The number of aliphatic carboxylic acids is 1. The van der Waals surface area contributed by atoms with Gasteiger partial charge in [-0.3, -0.25) is 4.79 Å². The van der Waals surface area contributed by atoms with Crippen molar-refractivity contribution in [3.63, 3.8) is 0 Å². The zero-order valence-electron chi connectivity index (χ0n) is 8.55. The van der Waals surface area contributed by atoms with Crippen LogP contribution in [0.3, 0.4) is 0 Å². The van der Waals surface area contributed by atoms with Crippen molar-refractivity contribution in [3.05, 3.63) is 29.3 Å². The second kappa shape index (κ2) is 4.84. The maximum Gasteiger partial charge on any atom is 0.304 e. The molecule has 0 saturated heterocycles. The standard InChI is InChI=1S/C10H11ClO4S/c1-7(6-10(12)13)16(14,15)9-5-3-2-4-8(9)11/h2-5,7H,6H2,1H3,(H,12,13). The predicted molar refractivity (Wildman–Crippen MR) is 60.4 cm³/mol. The Balaban J connectivity index is 3.12. The van der Waals surface area contributed by atoms with Gasteiger partial charge in [-0.25, -0.2) is 8.42 Å². The topological polar surface area (TPSA) is 71.4 Å². The molecular weight excluding hydrogens is 252 g/mol. The molecule has 1 rings (SSSR count). The molecule has 0 amide bonds. The molecule has 1 aromatic rings. The minimum absolute atomic E-state index is 0.0228. The Hall–Kier alpha value is -1.07. The van der Waals surface area contributed by atoms with Crippen LogP contribution in [0.15, 0.2) is 29.2 Å². The molecule has 0 aliphatic carbocycles. The van der Waals surface area contributed by atoms with Crippen LogP contribution in [0.5, 0.6) is 0 Å². The van der Waals surface area contributed by atoms with Crippen molar-refractivity contribution in [2.75, 3.05) is 0 Å². The van der Waals surface area contributed by atoms with E-state index in [1.807, 2.05) is 0 Å². The van der Waals surface area contributed by atoms with Crippen molar-refractivity contribution >= 4 is 27.4 Å². The van der Waals surface area contributed by atoms with E-state index in [-0.39, 0.29) is 9.92 Å². The summed E-state index contributed by atoms with van der Waals surface area (Å²) in [5.74, 6) is -1.15. The lowest BCUT2D eigenvalue weighted by Gasteiger charge is -2.11. The highest BCUT2D eigenvalue weighted by atomic mass is 35.5. The summed E-state index contributed by atoms with van der Waals surface area (Å²) in [5.41, 5.74) is 0. The van der Waals surface area contributed by atoms with Crippen LogP contribution in [0, 0.1) is 0 Å². The molecule has 1 N–H and O–H groups in total. The lowest BCUT2D eigenvalue weighted by atomic mass is 10.3. The van der Waals surface area contributed by atoms with Gasteiger partial charge in [0.15, 0.2) is 9.84 Å². The number of rotatable bonds is 4. The van der Waals surface area contributed by atoms with Crippen LogP contribution < -0.4 is 0 Å². The highest BCUT2D eigenvalue weighted by molar-refractivity contribution is 7.92. The first kappa shape index (κ1) is 13.0. The van der Waals surface area contributed by atoms with E-state index in [9.17, 15) is 13.2 Å². The molecule has 1 unspecified atom stereocenters. The van der Waals surface area contributed by atoms with E-state index < -0.39 is 27.5 Å². The molecule has 0 fully saturated rings. The van der Waals surface area contributed by atoms with Crippen LogP contribution in [0.25, 0.3) is 0 Å². The third-order valence-corrected chi connectivity index (χ3v) is 4.77. The Morgan fingerprint density at radius 3 is 2.50 bits per heavy atom. The minimum atomic E-state index is -3.68. The molecule has 1 aromatic carbocycles. The van der Waals surface area contributed by atoms with Gasteiger partial charge >= 0.3 is 5.97 Å². The fourth-order valence-electron chi connectivity index (χ4n) is 1.25. The van der Waals surface area contributed by atoms with Crippen molar-refractivity contribution in [1.82, 2.24) is 0 Å². The summed E-state index contributed by atoms with van der Waals surface area (Å²) in [6.07, 6.45) is -0.437. The highest BCUT2D eigenvalue weighted by Gasteiger charge is 2.27. The summed E-state index contributed by atoms with van der Waals surface area (Å²) < 4.78 is 23.9. The van der Waals surface area contributed by atoms with Crippen molar-refractivity contribution in [3.8, 4) is 0 Å². The Kier molecular flexibility index (Phi) is 3.93. The molecular formula is C10H11ClO4S. The SMILES string of the molecule is CC(CC(=O)O)S(=O)(=O)c1ccccc1Cl. The van der Waals surface area contributed by atoms with Gasteiger partial charge in [0.05, 0.1) is 21.6 Å². The molecule has 0 radical (unpaired) electrons. The highest BCUT2D eigenvalue weighted by Crippen LogP contribution is 2.25. The summed E-state index contributed by atoms with van der Waals surface area (Å²) in [6.45, 7) is 1.35. The van der Waals surface area contributed by atoms with Gasteiger partial charge in [-0.2, -0.15) is 0 Å². The van der Waals surface area contributed by atoms with Gasteiger partial charge in [0.25, 0.3) is 0 Å². The van der Waals surface area contributed by atoms with Crippen LogP contribution in [-0.2, 0) is 14.6 Å². The normalized spacial score (nSPS) is 13.4. The number of carboxylic acid groups (broad SMARTS) is 1. The van der Waals surface area contributed by atoms with Crippen LogP contribution >= 0.6 is 11.6 Å². The molecule has 0 bridgehead atoms. The number of carboxylic acids is 1. The van der Waals surface area contributed by atoms with E-state index in [1.165, 1.54) is 19.1 Å². The summed E-state index contributed by atoms with van der Waals surface area (Å²) in [7, 11) is -3.68. The summed E-state index contributed by atoms with van der Waals surface area (Å²) >= 11 is 5.76. The average molecular weight is 263 g/mol. The quantitative estimate of drug-likeness (QED) is 0.901. The van der Waals surface area contributed by atoms with Crippen molar-refractivity contribution in [2.45, 2.75) is 23.5 Å². The molecule has 88 valence electrons. The number of benzene rings is 1. The number of hydrogen-bond acceptors (Lipinski definition) is 3. The summed E-state index contributed by atoms with van der Waals surface area (Å²) in [6, 6.07) is 5.99. The zero-order chi connectivity index (χ0) is 12.3. The van der Waals surface area contributed by atoms with Crippen LogP contribution in [-0.4, -0.2) is 24.7 Å².